The maximum atomic E-state index is 11.3. The Kier molecular flexibility index (Phi) is 2.71. The van der Waals surface area contributed by atoms with Gasteiger partial charge in [-0.2, -0.15) is 0 Å². The Bertz CT molecular complexity index is 524. The molecule has 3 N–H and O–H groups in total. The minimum absolute atomic E-state index is 0.411. The molecule has 2 rings (SSSR count). The van der Waals surface area contributed by atoms with Gasteiger partial charge >= 0.3 is 0 Å². The monoisotopic (exact) mass is 214 g/mol. The van der Waals surface area contributed by atoms with Crippen LogP contribution < -0.4 is 11.1 Å². The van der Waals surface area contributed by atoms with Crippen LogP contribution in [0.4, 0.5) is 5.69 Å². The number of ketones is 1. The summed E-state index contributed by atoms with van der Waals surface area (Å²) >= 11 is 0. The molecule has 4 heteroatoms. The number of Topliss-reactive ketones (excluding diaryl/α,β-unsaturated/α-hetero) is 1. The maximum Gasteiger partial charge on any atom is 0.296 e. The van der Waals surface area contributed by atoms with E-state index in [4.69, 9.17) is 5.73 Å². The lowest BCUT2D eigenvalue weighted by molar-refractivity contribution is -0.112. The van der Waals surface area contributed by atoms with Crippen molar-refractivity contribution in [2.45, 2.75) is 6.42 Å². The molecule has 1 aromatic rings. The minimum Gasteiger partial charge on any atom is -0.330 e. The van der Waals surface area contributed by atoms with Gasteiger partial charge in [-0.05, 0) is 18.2 Å². The topological polar surface area (TPSA) is 72.2 Å². The summed E-state index contributed by atoms with van der Waals surface area (Å²) in [7, 11) is 0. The number of benzene rings is 1. The van der Waals surface area contributed by atoms with E-state index < -0.39 is 11.7 Å². The number of hydrogen-bond acceptors (Lipinski definition) is 3. The van der Waals surface area contributed by atoms with E-state index in [0.29, 0.717) is 24.2 Å². The zero-order valence-corrected chi connectivity index (χ0v) is 8.54. The molecule has 0 bridgehead atoms. The van der Waals surface area contributed by atoms with E-state index in [2.05, 4.69) is 17.2 Å². The molecule has 0 saturated carbocycles. The van der Waals surface area contributed by atoms with Crippen LogP contribution >= 0.6 is 0 Å². The van der Waals surface area contributed by atoms with Crippen LogP contribution in [0.25, 0.3) is 0 Å². The number of rotatable bonds is 1. The lowest BCUT2D eigenvalue weighted by Crippen LogP contribution is -2.12. The van der Waals surface area contributed by atoms with Crippen LogP contribution in [0, 0.1) is 11.8 Å². The summed E-state index contributed by atoms with van der Waals surface area (Å²) in [5.41, 5.74) is 7.03. The molecular weight excluding hydrogens is 204 g/mol. The van der Waals surface area contributed by atoms with Crippen molar-refractivity contribution in [3.63, 3.8) is 0 Å². The van der Waals surface area contributed by atoms with Gasteiger partial charge < -0.3 is 11.1 Å². The summed E-state index contributed by atoms with van der Waals surface area (Å²) in [6.45, 7) is 0.521. The SMILES string of the molecule is NCCC#Cc1ccc2c(c1)NC(=O)C2=O. The Hall–Kier alpha value is -2.12. The van der Waals surface area contributed by atoms with E-state index in [9.17, 15) is 9.59 Å². The van der Waals surface area contributed by atoms with Crippen LogP contribution in [-0.4, -0.2) is 18.2 Å². The molecule has 4 nitrogen and oxygen atoms in total. The molecule has 0 spiro atoms. The average Bonchev–Trinajstić information content (AvgIpc) is 2.55. The standard InChI is InChI=1S/C12H10N2O2/c13-6-2-1-3-8-4-5-9-10(7-8)14-12(16)11(9)15/h4-5,7H,2,6,13H2,(H,14,15,16). The number of fused-ring (bicyclic) bond motifs is 1. The zero-order chi connectivity index (χ0) is 11.5. The largest absolute Gasteiger partial charge is 0.330 e. The second kappa shape index (κ2) is 4.17. The molecule has 0 aromatic heterocycles. The molecular formula is C12H10N2O2. The molecule has 0 fully saturated rings. The van der Waals surface area contributed by atoms with E-state index in [1.165, 1.54) is 0 Å². The van der Waals surface area contributed by atoms with Gasteiger partial charge in [-0.25, -0.2) is 0 Å². The quantitative estimate of drug-likeness (QED) is 0.529. The number of amides is 1. The molecule has 1 amide bonds. The number of anilines is 1. The second-order valence-electron chi connectivity index (χ2n) is 3.38. The van der Waals surface area contributed by atoms with E-state index in [1.54, 1.807) is 18.2 Å². The van der Waals surface area contributed by atoms with Crippen LogP contribution in [0.1, 0.15) is 22.3 Å². The Balaban J connectivity index is 2.30. The fourth-order valence-corrected chi connectivity index (χ4v) is 1.46. The van der Waals surface area contributed by atoms with Gasteiger partial charge in [0.2, 0.25) is 0 Å². The Morgan fingerprint density at radius 2 is 2.12 bits per heavy atom. The van der Waals surface area contributed by atoms with Crippen LogP contribution in [-0.2, 0) is 4.79 Å². The van der Waals surface area contributed by atoms with Crippen molar-refractivity contribution < 1.29 is 9.59 Å². The highest BCUT2D eigenvalue weighted by Gasteiger charge is 2.27. The van der Waals surface area contributed by atoms with Crippen molar-refractivity contribution in [1.29, 1.82) is 0 Å². The average molecular weight is 214 g/mol. The third-order valence-corrected chi connectivity index (χ3v) is 2.22. The first-order valence-corrected chi connectivity index (χ1v) is 4.91. The first-order chi connectivity index (χ1) is 7.72. The number of hydrogen-bond donors (Lipinski definition) is 2. The molecule has 0 aliphatic carbocycles. The van der Waals surface area contributed by atoms with E-state index in [-0.39, 0.29) is 0 Å². The first-order valence-electron chi connectivity index (χ1n) is 4.91. The molecule has 80 valence electrons. The van der Waals surface area contributed by atoms with Crippen molar-refractivity contribution in [2.75, 3.05) is 11.9 Å². The summed E-state index contributed by atoms with van der Waals surface area (Å²) in [6.07, 6.45) is 0.627. The molecule has 1 aliphatic rings. The van der Waals surface area contributed by atoms with Gasteiger partial charge in [-0.15, -0.1) is 0 Å². The van der Waals surface area contributed by atoms with Gasteiger partial charge in [0.25, 0.3) is 11.7 Å². The van der Waals surface area contributed by atoms with Crippen LogP contribution in [0.2, 0.25) is 0 Å². The molecule has 0 atom stereocenters. The smallest absolute Gasteiger partial charge is 0.296 e. The molecule has 0 radical (unpaired) electrons. The maximum absolute atomic E-state index is 11.3. The van der Waals surface area contributed by atoms with Gasteiger partial charge in [0.15, 0.2) is 0 Å². The van der Waals surface area contributed by atoms with Gasteiger partial charge in [-0.3, -0.25) is 9.59 Å². The molecule has 16 heavy (non-hydrogen) atoms. The van der Waals surface area contributed by atoms with Crippen molar-refractivity contribution in [3.8, 4) is 11.8 Å². The highest BCUT2D eigenvalue weighted by molar-refractivity contribution is 6.51. The van der Waals surface area contributed by atoms with Crippen molar-refractivity contribution in [1.82, 2.24) is 0 Å². The van der Waals surface area contributed by atoms with Crippen molar-refractivity contribution in [3.05, 3.63) is 29.3 Å². The summed E-state index contributed by atoms with van der Waals surface area (Å²) in [5, 5.41) is 2.50. The van der Waals surface area contributed by atoms with Crippen molar-refractivity contribution >= 4 is 17.4 Å². The molecule has 0 saturated heterocycles. The van der Waals surface area contributed by atoms with E-state index in [1.807, 2.05) is 0 Å². The highest BCUT2D eigenvalue weighted by Crippen LogP contribution is 2.23. The second-order valence-corrected chi connectivity index (χ2v) is 3.38. The van der Waals surface area contributed by atoms with Crippen LogP contribution in [0.15, 0.2) is 18.2 Å². The minimum atomic E-state index is -0.581. The van der Waals surface area contributed by atoms with Gasteiger partial charge in [0.05, 0.1) is 11.3 Å². The Labute approximate surface area is 92.8 Å². The molecule has 0 unspecified atom stereocenters. The lowest BCUT2D eigenvalue weighted by atomic mass is 10.1. The molecule has 1 aliphatic heterocycles. The van der Waals surface area contributed by atoms with Crippen molar-refractivity contribution in [2.24, 2.45) is 5.73 Å². The Morgan fingerprint density at radius 3 is 2.88 bits per heavy atom. The number of carbonyl (C=O) groups excluding carboxylic acids is 2. The number of nitrogens with one attached hydrogen (secondary N) is 1. The van der Waals surface area contributed by atoms with Crippen LogP contribution in [0.3, 0.4) is 0 Å². The molecule has 1 aromatic carbocycles. The number of carbonyl (C=O) groups is 2. The predicted molar refractivity (Wildman–Crippen MR) is 60.0 cm³/mol. The summed E-state index contributed by atoms with van der Waals surface area (Å²) in [5.74, 6) is 4.73. The fourth-order valence-electron chi connectivity index (χ4n) is 1.46. The first kappa shape index (κ1) is 10.4. The van der Waals surface area contributed by atoms with Gasteiger partial charge in [0, 0.05) is 18.5 Å². The van der Waals surface area contributed by atoms with Gasteiger partial charge in [-0.1, -0.05) is 11.8 Å². The molecule has 1 heterocycles. The third-order valence-electron chi connectivity index (χ3n) is 2.22. The van der Waals surface area contributed by atoms with Gasteiger partial charge in [0.1, 0.15) is 0 Å². The summed E-state index contributed by atoms with van der Waals surface area (Å²) in [4.78, 5) is 22.4. The normalized spacial score (nSPS) is 12.8. The predicted octanol–water partition coefficient (Wildman–Crippen LogP) is 0.522. The summed E-state index contributed by atoms with van der Waals surface area (Å²) in [6, 6.07) is 5.03. The Morgan fingerprint density at radius 1 is 1.31 bits per heavy atom. The highest BCUT2D eigenvalue weighted by atomic mass is 16.2. The van der Waals surface area contributed by atoms with E-state index >= 15 is 0 Å². The third kappa shape index (κ3) is 1.81. The number of nitrogens with two attached hydrogens (primary N) is 1. The fraction of sp³-hybridized carbons (Fsp3) is 0.167. The summed E-state index contributed by atoms with van der Waals surface area (Å²) < 4.78 is 0. The lowest BCUT2D eigenvalue weighted by Gasteiger charge is -1.96. The van der Waals surface area contributed by atoms with Crippen LogP contribution in [0.5, 0.6) is 0 Å². The zero-order valence-electron chi connectivity index (χ0n) is 8.54. The van der Waals surface area contributed by atoms with E-state index in [0.717, 1.165) is 5.56 Å².